The summed E-state index contributed by atoms with van der Waals surface area (Å²) >= 11 is 5.73. The van der Waals surface area contributed by atoms with E-state index in [1.807, 2.05) is 0 Å². The number of carbonyl (C=O) groups excluding carboxylic acids is 1. The van der Waals surface area contributed by atoms with Gasteiger partial charge in [-0.3, -0.25) is 4.79 Å². The van der Waals surface area contributed by atoms with Gasteiger partial charge in [-0.2, -0.15) is 0 Å². The molecule has 0 heterocycles. The van der Waals surface area contributed by atoms with E-state index in [2.05, 4.69) is 6.92 Å². The first-order chi connectivity index (χ1) is 13.5. The van der Waals surface area contributed by atoms with Gasteiger partial charge in [-0.1, -0.05) is 44.2 Å². The molecule has 4 unspecified atom stereocenters. The highest BCUT2D eigenvalue weighted by Crippen LogP contribution is 2.50. The lowest BCUT2D eigenvalue weighted by Gasteiger charge is -2.45. The van der Waals surface area contributed by atoms with Crippen molar-refractivity contribution in [2.45, 2.75) is 71.1 Å². The van der Waals surface area contributed by atoms with Crippen LogP contribution in [0.25, 0.3) is 0 Å². The van der Waals surface area contributed by atoms with Crippen LogP contribution in [0.2, 0.25) is 5.02 Å². The summed E-state index contributed by atoms with van der Waals surface area (Å²) in [6, 6.07) is 4.23. The van der Waals surface area contributed by atoms with Crippen LogP contribution >= 0.6 is 11.6 Å². The molecular weight excluding hydrogens is 375 g/mol. The first-order valence-corrected chi connectivity index (χ1v) is 11.6. The molecule has 0 amide bonds. The number of halogens is 2. The zero-order chi connectivity index (χ0) is 19.7. The lowest BCUT2D eigenvalue weighted by atomic mass is 9.59. The van der Waals surface area contributed by atoms with Gasteiger partial charge in [0.25, 0.3) is 0 Å². The maximum Gasteiger partial charge on any atom is 0.314 e. The van der Waals surface area contributed by atoms with Gasteiger partial charge in [-0.25, -0.2) is 4.39 Å². The molecule has 1 aromatic rings. The Balaban J connectivity index is 1.37. The second kappa shape index (κ2) is 8.73. The third-order valence-corrected chi connectivity index (χ3v) is 8.13. The van der Waals surface area contributed by atoms with E-state index in [-0.39, 0.29) is 22.7 Å². The van der Waals surface area contributed by atoms with Crippen LogP contribution in [0.1, 0.15) is 71.1 Å². The Bertz CT molecular complexity index is 698. The largest absolute Gasteiger partial charge is 0.426 e. The molecular formula is C24H32ClFO2. The SMILES string of the molecule is CC1CCC(C2CCC3C(CCCC3C(=O)Oc3ccc(Cl)c(F)c3)C2)CC1. The summed E-state index contributed by atoms with van der Waals surface area (Å²) in [5, 5.41) is 0.0490. The van der Waals surface area contributed by atoms with Crippen LogP contribution in [0.5, 0.6) is 5.75 Å². The molecule has 3 aliphatic rings. The fourth-order valence-corrected chi connectivity index (χ4v) is 6.33. The van der Waals surface area contributed by atoms with Crippen LogP contribution in [-0.4, -0.2) is 5.97 Å². The maximum atomic E-state index is 13.7. The number of benzene rings is 1. The second-order valence-corrected chi connectivity index (χ2v) is 9.96. The van der Waals surface area contributed by atoms with E-state index in [0.717, 1.165) is 37.0 Å². The predicted molar refractivity (Wildman–Crippen MR) is 110 cm³/mol. The average molecular weight is 407 g/mol. The van der Waals surface area contributed by atoms with Crippen molar-refractivity contribution in [3.8, 4) is 5.75 Å². The standard InChI is InChI=1S/C24H32ClFO2/c1-15-5-7-16(8-6-15)17-9-11-20-18(13-17)3-2-4-21(20)24(27)28-19-10-12-22(25)23(26)14-19/h10,12,14-18,20-21H,2-9,11,13H2,1H3. The zero-order valence-corrected chi connectivity index (χ0v) is 17.6. The molecule has 0 radical (unpaired) electrons. The molecule has 2 nitrogen and oxygen atoms in total. The first-order valence-electron chi connectivity index (χ1n) is 11.2. The van der Waals surface area contributed by atoms with Gasteiger partial charge in [-0.05, 0) is 80.2 Å². The molecule has 1 aromatic carbocycles. The van der Waals surface area contributed by atoms with Crippen molar-refractivity contribution in [3.63, 3.8) is 0 Å². The number of rotatable bonds is 3. The minimum atomic E-state index is -0.546. The molecule has 0 aliphatic heterocycles. The topological polar surface area (TPSA) is 26.3 Å². The molecule has 28 heavy (non-hydrogen) atoms. The molecule has 3 aliphatic carbocycles. The first kappa shape index (κ1) is 20.2. The Hall–Kier alpha value is -1.09. The van der Waals surface area contributed by atoms with Crippen LogP contribution in [0.15, 0.2) is 18.2 Å². The second-order valence-electron chi connectivity index (χ2n) is 9.55. The van der Waals surface area contributed by atoms with Crippen LogP contribution in [0.3, 0.4) is 0 Å². The smallest absolute Gasteiger partial charge is 0.314 e. The summed E-state index contributed by atoms with van der Waals surface area (Å²) in [5.74, 6) is 3.26. The van der Waals surface area contributed by atoms with Crippen LogP contribution in [0.4, 0.5) is 4.39 Å². The quantitative estimate of drug-likeness (QED) is 0.397. The van der Waals surface area contributed by atoms with E-state index in [1.165, 1.54) is 57.1 Å². The highest BCUT2D eigenvalue weighted by molar-refractivity contribution is 6.30. The highest BCUT2D eigenvalue weighted by atomic mass is 35.5. The van der Waals surface area contributed by atoms with Gasteiger partial charge in [0.2, 0.25) is 0 Å². The summed E-state index contributed by atoms with van der Waals surface area (Å²) in [4.78, 5) is 12.9. The fraction of sp³-hybridized carbons (Fsp3) is 0.708. The Morgan fingerprint density at radius 1 is 1.00 bits per heavy atom. The Labute approximate surface area is 173 Å². The Kier molecular flexibility index (Phi) is 6.30. The zero-order valence-electron chi connectivity index (χ0n) is 16.8. The van der Waals surface area contributed by atoms with Crippen molar-refractivity contribution in [1.29, 1.82) is 0 Å². The van der Waals surface area contributed by atoms with Crippen LogP contribution < -0.4 is 4.74 Å². The normalized spacial score (nSPS) is 35.8. The Morgan fingerprint density at radius 2 is 1.75 bits per heavy atom. The van der Waals surface area contributed by atoms with E-state index >= 15 is 0 Å². The number of esters is 1. The van der Waals surface area contributed by atoms with Gasteiger partial charge in [-0.15, -0.1) is 0 Å². The molecule has 0 aromatic heterocycles. The molecule has 4 atom stereocenters. The van der Waals surface area contributed by atoms with Crippen molar-refractivity contribution in [1.82, 2.24) is 0 Å². The molecule has 0 saturated heterocycles. The molecule has 3 fully saturated rings. The van der Waals surface area contributed by atoms with Crippen molar-refractivity contribution in [2.24, 2.45) is 35.5 Å². The van der Waals surface area contributed by atoms with E-state index in [9.17, 15) is 9.18 Å². The number of hydrogen-bond donors (Lipinski definition) is 0. The van der Waals surface area contributed by atoms with E-state index in [4.69, 9.17) is 16.3 Å². The minimum Gasteiger partial charge on any atom is -0.426 e. The maximum absolute atomic E-state index is 13.7. The van der Waals surface area contributed by atoms with E-state index in [1.54, 1.807) is 6.07 Å². The van der Waals surface area contributed by atoms with Gasteiger partial charge in [0, 0.05) is 6.07 Å². The summed E-state index contributed by atoms with van der Waals surface area (Å²) in [7, 11) is 0. The van der Waals surface area contributed by atoms with E-state index < -0.39 is 5.82 Å². The van der Waals surface area contributed by atoms with Gasteiger partial charge in [0.1, 0.15) is 11.6 Å². The molecule has 0 bridgehead atoms. The van der Waals surface area contributed by atoms with E-state index in [0.29, 0.717) is 11.8 Å². The van der Waals surface area contributed by atoms with Crippen LogP contribution in [0, 0.1) is 41.3 Å². The summed E-state index contributed by atoms with van der Waals surface area (Å²) in [6.45, 7) is 2.39. The predicted octanol–water partition coefficient (Wildman–Crippen LogP) is 7.04. The molecule has 0 N–H and O–H groups in total. The number of hydrogen-bond acceptors (Lipinski definition) is 2. The molecule has 0 spiro atoms. The summed E-state index contributed by atoms with van der Waals surface area (Å²) in [6.07, 6.45) is 12.5. The lowest BCUT2D eigenvalue weighted by molar-refractivity contribution is -0.144. The molecule has 154 valence electrons. The molecule has 3 saturated carbocycles. The summed E-state index contributed by atoms with van der Waals surface area (Å²) < 4.78 is 19.2. The van der Waals surface area contributed by atoms with Crippen molar-refractivity contribution >= 4 is 17.6 Å². The minimum absolute atomic E-state index is 0.0372. The highest BCUT2D eigenvalue weighted by Gasteiger charge is 2.43. The fourth-order valence-electron chi connectivity index (χ4n) is 6.21. The summed E-state index contributed by atoms with van der Waals surface area (Å²) in [5.41, 5.74) is 0. The monoisotopic (exact) mass is 406 g/mol. The number of carbonyl (C=O) groups is 1. The van der Waals surface area contributed by atoms with Crippen molar-refractivity contribution in [3.05, 3.63) is 29.0 Å². The lowest BCUT2D eigenvalue weighted by Crippen LogP contribution is -2.40. The van der Waals surface area contributed by atoms with Gasteiger partial charge >= 0.3 is 5.97 Å². The van der Waals surface area contributed by atoms with Gasteiger partial charge < -0.3 is 4.74 Å². The van der Waals surface area contributed by atoms with Gasteiger partial charge in [0.05, 0.1) is 10.9 Å². The molecule has 4 heteroatoms. The average Bonchev–Trinajstić information content (AvgIpc) is 2.70. The third kappa shape index (κ3) is 4.40. The van der Waals surface area contributed by atoms with Crippen LogP contribution in [-0.2, 0) is 4.79 Å². The third-order valence-electron chi connectivity index (χ3n) is 7.83. The van der Waals surface area contributed by atoms with Gasteiger partial charge in [0.15, 0.2) is 0 Å². The Morgan fingerprint density at radius 3 is 2.50 bits per heavy atom. The van der Waals surface area contributed by atoms with Crippen molar-refractivity contribution < 1.29 is 13.9 Å². The number of ether oxygens (including phenoxy) is 1. The van der Waals surface area contributed by atoms with Crippen molar-refractivity contribution in [2.75, 3.05) is 0 Å². The molecule has 4 rings (SSSR count). The number of fused-ring (bicyclic) bond motifs is 1.